The summed E-state index contributed by atoms with van der Waals surface area (Å²) in [5, 5.41) is 4.88. The summed E-state index contributed by atoms with van der Waals surface area (Å²) in [5.74, 6) is -2.91. The van der Waals surface area contributed by atoms with Gasteiger partial charge in [-0.15, -0.1) is 0 Å². The number of carbonyl (C=O) groups excluding carboxylic acids is 2. The van der Waals surface area contributed by atoms with Gasteiger partial charge in [-0.1, -0.05) is 0 Å². The van der Waals surface area contributed by atoms with Gasteiger partial charge in [-0.2, -0.15) is 0 Å². The zero-order valence-corrected chi connectivity index (χ0v) is 11.5. The molecule has 0 aromatic heterocycles. The van der Waals surface area contributed by atoms with Crippen LogP contribution in [0.3, 0.4) is 0 Å². The zero-order valence-electron chi connectivity index (χ0n) is 11.5. The second kappa shape index (κ2) is 8.15. The van der Waals surface area contributed by atoms with Crippen LogP contribution in [0.25, 0.3) is 0 Å². The summed E-state index contributed by atoms with van der Waals surface area (Å²) in [6.45, 7) is 0.734. The molecule has 0 saturated heterocycles. The summed E-state index contributed by atoms with van der Waals surface area (Å²) in [7, 11) is 1.51. The molecule has 0 aliphatic carbocycles. The summed E-state index contributed by atoms with van der Waals surface area (Å²) >= 11 is 0. The quantitative estimate of drug-likeness (QED) is 0.503. The fraction of sp³-hybridized carbons (Fsp3) is 0.385. The van der Waals surface area contributed by atoms with Crippen LogP contribution in [0, 0.1) is 11.6 Å². The lowest BCUT2D eigenvalue weighted by Gasteiger charge is -2.08. The molecule has 8 heteroatoms. The van der Waals surface area contributed by atoms with Crippen molar-refractivity contribution in [1.82, 2.24) is 10.6 Å². The lowest BCUT2D eigenvalue weighted by atomic mass is 10.1. The van der Waals surface area contributed by atoms with Crippen LogP contribution in [0.1, 0.15) is 16.8 Å². The molecule has 0 aliphatic rings. The molecule has 0 bridgehead atoms. The maximum absolute atomic E-state index is 13.6. The van der Waals surface area contributed by atoms with Crippen LogP contribution in [-0.4, -0.2) is 38.6 Å². The van der Waals surface area contributed by atoms with E-state index in [1.165, 1.54) is 7.11 Å². The zero-order chi connectivity index (χ0) is 15.8. The Bertz CT molecular complexity index is 524. The van der Waals surface area contributed by atoms with Gasteiger partial charge in [0.15, 0.2) is 5.82 Å². The highest BCUT2D eigenvalue weighted by atomic mass is 19.1. The highest BCUT2D eigenvalue weighted by Crippen LogP contribution is 2.17. The van der Waals surface area contributed by atoms with E-state index in [4.69, 9.17) is 10.5 Å². The average molecular weight is 301 g/mol. The summed E-state index contributed by atoms with van der Waals surface area (Å²) in [6, 6.07) is 1.54. The van der Waals surface area contributed by atoms with Crippen LogP contribution < -0.4 is 16.4 Å². The normalized spacial score (nSPS) is 10.2. The summed E-state index contributed by atoms with van der Waals surface area (Å²) < 4.78 is 31.4. The number of ether oxygens (including phenoxy) is 1. The van der Waals surface area contributed by atoms with Gasteiger partial charge in [0.05, 0.1) is 17.9 Å². The lowest BCUT2D eigenvalue weighted by Crippen LogP contribution is -2.32. The van der Waals surface area contributed by atoms with Crippen molar-refractivity contribution >= 4 is 17.5 Å². The number of rotatable bonds is 7. The van der Waals surface area contributed by atoms with Crippen molar-refractivity contribution in [1.29, 1.82) is 0 Å². The van der Waals surface area contributed by atoms with Gasteiger partial charge in [0.1, 0.15) is 5.82 Å². The largest absolute Gasteiger partial charge is 0.396 e. The third kappa shape index (κ3) is 5.35. The van der Waals surface area contributed by atoms with E-state index in [0.717, 1.165) is 12.1 Å². The topological polar surface area (TPSA) is 93.5 Å². The predicted molar refractivity (Wildman–Crippen MR) is 72.6 cm³/mol. The molecular formula is C13H17F2N3O3. The standard InChI is InChI=1S/C13H17F2N3O3/c1-21-5-4-17-11(19)2-3-18-13(20)9-6-8(14)7-10(16)12(9)15/h6-7H,2-5,16H2,1H3,(H,17,19)(H,18,20). The number of methoxy groups -OCH3 is 1. The molecule has 2 amide bonds. The van der Waals surface area contributed by atoms with Crippen molar-refractivity contribution in [2.75, 3.05) is 32.5 Å². The number of nitrogen functional groups attached to an aromatic ring is 1. The SMILES string of the molecule is COCCNC(=O)CCNC(=O)c1cc(F)cc(N)c1F. The Kier molecular flexibility index (Phi) is 6.54. The maximum atomic E-state index is 13.6. The fourth-order valence-electron chi connectivity index (χ4n) is 1.54. The Morgan fingerprint density at radius 1 is 1.24 bits per heavy atom. The van der Waals surface area contributed by atoms with Gasteiger partial charge in [-0.05, 0) is 12.1 Å². The molecule has 0 spiro atoms. The molecule has 0 heterocycles. The number of benzene rings is 1. The van der Waals surface area contributed by atoms with E-state index in [-0.39, 0.29) is 18.9 Å². The van der Waals surface area contributed by atoms with Gasteiger partial charge in [-0.3, -0.25) is 9.59 Å². The van der Waals surface area contributed by atoms with E-state index in [1.807, 2.05) is 0 Å². The first-order chi connectivity index (χ1) is 9.95. The van der Waals surface area contributed by atoms with Crippen LogP contribution in [0.4, 0.5) is 14.5 Å². The van der Waals surface area contributed by atoms with Crippen molar-refractivity contribution in [2.24, 2.45) is 0 Å². The number of nitrogens with one attached hydrogen (secondary N) is 2. The predicted octanol–water partition coefficient (Wildman–Crippen LogP) is 0.429. The van der Waals surface area contributed by atoms with Crippen molar-refractivity contribution in [3.63, 3.8) is 0 Å². The minimum Gasteiger partial charge on any atom is -0.396 e. The summed E-state index contributed by atoms with van der Waals surface area (Å²) in [6.07, 6.45) is 0.0157. The van der Waals surface area contributed by atoms with Crippen LogP contribution in [-0.2, 0) is 9.53 Å². The van der Waals surface area contributed by atoms with Crippen LogP contribution >= 0.6 is 0 Å². The molecule has 0 unspecified atom stereocenters. The molecule has 0 fully saturated rings. The third-order valence-electron chi connectivity index (χ3n) is 2.58. The molecule has 6 nitrogen and oxygen atoms in total. The second-order valence-corrected chi connectivity index (χ2v) is 4.21. The summed E-state index contributed by atoms with van der Waals surface area (Å²) in [4.78, 5) is 23.0. The highest BCUT2D eigenvalue weighted by molar-refractivity contribution is 5.95. The molecule has 1 rings (SSSR count). The Morgan fingerprint density at radius 2 is 1.95 bits per heavy atom. The Morgan fingerprint density at radius 3 is 2.62 bits per heavy atom. The first kappa shape index (κ1) is 16.8. The van der Waals surface area contributed by atoms with E-state index in [0.29, 0.717) is 13.2 Å². The van der Waals surface area contributed by atoms with Crippen molar-refractivity contribution in [2.45, 2.75) is 6.42 Å². The molecular weight excluding hydrogens is 284 g/mol. The van der Waals surface area contributed by atoms with Crippen molar-refractivity contribution < 1.29 is 23.1 Å². The highest BCUT2D eigenvalue weighted by Gasteiger charge is 2.16. The number of amides is 2. The molecule has 0 saturated carbocycles. The maximum Gasteiger partial charge on any atom is 0.254 e. The minimum absolute atomic E-state index is 0.00644. The lowest BCUT2D eigenvalue weighted by molar-refractivity contribution is -0.121. The van der Waals surface area contributed by atoms with Crippen molar-refractivity contribution in [3.05, 3.63) is 29.3 Å². The Balaban J connectivity index is 2.46. The average Bonchev–Trinajstić information content (AvgIpc) is 2.43. The molecule has 4 N–H and O–H groups in total. The van der Waals surface area contributed by atoms with E-state index >= 15 is 0 Å². The number of carbonyl (C=O) groups is 2. The number of halogens is 2. The minimum atomic E-state index is -0.988. The number of hydrogen-bond acceptors (Lipinski definition) is 4. The molecule has 0 aliphatic heterocycles. The number of nitrogens with two attached hydrogens (primary N) is 1. The van der Waals surface area contributed by atoms with Gasteiger partial charge in [0.2, 0.25) is 5.91 Å². The number of hydrogen-bond donors (Lipinski definition) is 3. The van der Waals surface area contributed by atoms with E-state index in [1.54, 1.807) is 0 Å². The third-order valence-corrected chi connectivity index (χ3v) is 2.58. The van der Waals surface area contributed by atoms with E-state index in [9.17, 15) is 18.4 Å². The molecule has 0 radical (unpaired) electrons. The van der Waals surface area contributed by atoms with Crippen molar-refractivity contribution in [3.8, 4) is 0 Å². The first-order valence-corrected chi connectivity index (χ1v) is 6.24. The fourth-order valence-corrected chi connectivity index (χ4v) is 1.54. The van der Waals surface area contributed by atoms with E-state index < -0.39 is 28.8 Å². The molecule has 1 aromatic carbocycles. The Labute approximate surface area is 120 Å². The van der Waals surface area contributed by atoms with Gasteiger partial charge < -0.3 is 21.1 Å². The first-order valence-electron chi connectivity index (χ1n) is 6.24. The second-order valence-electron chi connectivity index (χ2n) is 4.21. The number of anilines is 1. The van der Waals surface area contributed by atoms with Gasteiger partial charge in [0, 0.05) is 26.6 Å². The molecule has 1 aromatic rings. The van der Waals surface area contributed by atoms with Gasteiger partial charge >= 0.3 is 0 Å². The van der Waals surface area contributed by atoms with Crippen LogP contribution in [0.5, 0.6) is 0 Å². The van der Waals surface area contributed by atoms with E-state index in [2.05, 4.69) is 10.6 Å². The Hall–Kier alpha value is -2.22. The molecule has 21 heavy (non-hydrogen) atoms. The smallest absolute Gasteiger partial charge is 0.254 e. The van der Waals surface area contributed by atoms with Gasteiger partial charge in [-0.25, -0.2) is 8.78 Å². The molecule has 0 atom stereocenters. The van der Waals surface area contributed by atoms with Crippen LogP contribution in [0.15, 0.2) is 12.1 Å². The van der Waals surface area contributed by atoms with Gasteiger partial charge in [0.25, 0.3) is 5.91 Å². The van der Waals surface area contributed by atoms with Crippen LogP contribution in [0.2, 0.25) is 0 Å². The summed E-state index contributed by atoms with van der Waals surface area (Å²) in [5.41, 5.74) is 4.29. The monoisotopic (exact) mass is 301 g/mol. The molecule has 116 valence electrons.